The second-order valence-corrected chi connectivity index (χ2v) is 9.71. The number of rotatable bonds is 5. The van der Waals surface area contributed by atoms with Gasteiger partial charge in [-0.3, -0.25) is 14.5 Å². The topological polar surface area (TPSA) is 73.2 Å². The minimum absolute atomic E-state index is 0.182. The van der Waals surface area contributed by atoms with Crippen molar-refractivity contribution in [2.45, 2.75) is 11.7 Å². The molecule has 2 amide bonds. The van der Waals surface area contributed by atoms with Crippen LogP contribution in [0.2, 0.25) is 15.1 Å². The summed E-state index contributed by atoms with van der Waals surface area (Å²) in [5, 5.41) is 13.4. The molecule has 1 atom stereocenters. The van der Waals surface area contributed by atoms with Crippen molar-refractivity contribution in [3.8, 4) is 6.07 Å². The number of nitrogens with zero attached hydrogens (tertiary/aromatic N) is 2. The lowest BCUT2D eigenvalue weighted by Gasteiger charge is -2.18. The van der Waals surface area contributed by atoms with Crippen LogP contribution in [0.4, 0.5) is 11.4 Å². The summed E-state index contributed by atoms with van der Waals surface area (Å²) >= 11 is 19.5. The van der Waals surface area contributed by atoms with Gasteiger partial charge in [-0.25, -0.2) is 0 Å². The maximum absolute atomic E-state index is 13.5. The molecule has 0 aliphatic carbocycles. The van der Waals surface area contributed by atoms with Crippen LogP contribution >= 0.6 is 46.6 Å². The number of nitriles is 1. The molecule has 1 fully saturated rings. The molecule has 1 heterocycles. The van der Waals surface area contributed by atoms with Gasteiger partial charge >= 0.3 is 0 Å². The van der Waals surface area contributed by atoms with Crippen LogP contribution < -0.4 is 10.2 Å². The Balaban J connectivity index is 1.72. The van der Waals surface area contributed by atoms with E-state index in [0.29, 0.717) is 32.9 Å². The average molecular weight is 529 g/mol. The van der Waals surface area contributed by atoms with Gasteiger partial charge in [-0.15, -0.1) is 0 Å². The molecule has 5 nitrogen and oxygen atoms in total. The monoisotopic (exact) mass is 527 g/mol. The van der Waals surface area contributed by atoms with Crippen molar-refractivity contribution in [3.63, 3.8) is 0 Å². The van der Waals surface area contributed by atoms with Gasteiger partial charge in [0.15, 0.2) is 0 Å². The van der Waals surface area contributed by atoms with Crippen LogP contribution in [0.1, 0.15) is 5.56 Å². The van der Waals surface area contributed by atoms with Crippen LogP contribution in [0.5, 0.6) is 0 Å². The number of nitrogens with one attached hydrogen (secondary N) is 1. The third-order valence-electron chi connectivity index (χ3n) is 5.05. The summed E-state index contributed by atoms with van der Waals surface area (Å²) in [6.45, 7) is 0. The zero-order chi connectivity index (χ0) is 24.2. The van der Waals surface area contributed by atoms with E-state index in [-0.39, 0.29) is 16.5 Å². The van der Waals surface area contributed by atoms with Gasteiger partial charge in [0.1, 0.15) is 16.7 Å². The number of thioether (sulfide) groups is 1. The summed E-state index contributed by atoms with van der Waals surface area (Å²) in [6, 6.07) is 22.8. The molecule has 4 rings (SSSR count). The molecule has 1 N–H and O–H groups in total. The van der Waals surface area contributed by atoms with Crippen LogP contribution in [0.15, 0.2) is 83.4 Å². The van der Waals surface area contributed by atoms with Crippen molar-refractivity contribution in [3.05, 3.63) is 104 Å². The summed E-state index contributed by atoms with van der Waals surface area (Å²) in [5.74, 6) is -0.891. The number of benzene rings is 3. The Labute approximate surface area is 215 Å². The van der Waals surface area contributed by atoms with Gasteiger partial charge in [0.25, 0.3) is 5.91 Å². The average Bonchev–Trinajstić information content (AvgIpc) is 3.14. The number of para-hydroxylation sites is 2. The highest BCUT2D eigenvalue weighted by Gasteiger charge is 2.40. The molecule has 170 valence electrons. The SMILES string of the molecule is N#CC(C(=O)Nc1ccccc1Cl)=C1SC(Cc2ccc(Cl)c(Cl)c2)C(=O)N1c1ccccc1. The molecule has 1 unspecified atom stereocenters. The van der Waals surface area contributed by atoms with Gasteiger partial charge in [0.2, 0.25) is 5.91 Å². The molecule has 1 aliphatic heterocycles. The molecule has 3 aromatic rings. The van der Waals surface area contributed by atoms with Crippen molar-refractivity contribution in [1.29, 1.82) is 5.26 Å². The number of amides is 2. The Morgan fingerprint density at radius 2 is 1.68 bits per heavy atom. The van der Waals surface area contributed by atoms with Gasteiger partial charge in [0, 0.05) is 5.69 Å². The second-order valence-electron chi connectivity index (χ2n) is 7.29. The van der Waals surface area contributed by atoms with E-state index in [4.69, 9.17) is 34.8 Å². The first-order valence-corrected chi connectivity index (χ1v) is 12.1. The smallest absolute Gasteiger partial charge is 0.269 e. The van der Waals surface area contributed by atoms with Gasteiger partial charge in [-0.05, 0) is 48.4 Å². The molecule has 0 spiro atoms. The highest BCUT2D eigenvalue weighted by Crippen LogP contribution is 2.42. The molecule has 9 heteroatoms. The molecule has 1 saturated heterocycles. The summed E-state index contributed by atoms with van der Waals surface area (Å²) in [7, 11) is 0. The van der Waals surface area contributed by atoms with E-state index in [1.165, 1.54) is 16.7 Å². The molecule has 34 heavy (non-hydrogen) atoms. The van der Waals surface area contributed by atoms with E-state index in [1.54, 1.807) is 66.7 Å². The van der Waals surface area contributed by atoms with Crippen LogP contribution in [-0.4, -0.2) is 17.1 Å². The lowest BCUT2D eigenvalue weighted by atomic mass is 10.1. The quantitative estimate of drug-likeness (QED) is 0.295. The first-order valence-electron chi connectivity index (χ1n) is 10.1. The van der Waals surface area contributed by atoms with Crippen molar-refractivity contribution in [2.75, 3.05) is 10.2 Å². The summed E-state index contributed by atoms with van der Waals surface area (Å²) in [6.07, 6.45) is 0.345. The Morgan fingerprint density at radius 3 is 2.35 bits per heavy atom. The molecule has 1 aliphatic rings. The van der Waals surface area contributed by atoms with E-state index in [0.717, 1.165) is 5.56 Å². The van der Waals surface area contributed by atoms with E-state index in [2.05, 4.69) is 5.32 Å². The van der Waals surface area contributed by atoms with Crippen molar-refractivity contribution < 1.29 is 9.59 Å². The van der Waals surface area contributed by atoms with Gasteiger partial charge in [0.05, 0.1) is 26.0 Å². The normalized spacial score (nSPS) is 16.8. The third-order valence-corrected chi connectivity index (χ3v) is 7.38. The van der Waals surface area contributed by atoms with E-state index in [1.807, 2.05) is 12.1 Å². The fourth-order valence-electron chi connectivity index (χ4n) is 3.43. The molecule has 3 aromatic carbocycles. The van der Waals surface area contributed by atoms with Crippen molar-refractivity contribution >= 4 is 69.8 Å². The standard InChI is InChI=1S/C25H16Cl3N3O2S/c26-18-11-10-15(12-20(18)28)13-22-24(33)31(16-6-2-1-3-7-16)25(34-22)17(14-29)23(32)30-21-9-5-4-8-19(21)27/h1-12,22H,13H2,(H,30,32). The van der Waals surface area contributed by atoms with Crippen LogP contribution in [0.3, 0.4) is 0 Å². The molecular weight excluding hydrogens is 513 g/mol. The predicted octanol–water partition coefficient (Wildman–Crippen LogP) is 6.71. The van der Waals surface area contributed by atoms with E-state index >= 15 is 0 Å². The number of carbonyl (C=O) groups is 2. The Bertz CT molecular complexity index is 1340. The molecule has 0 bridgehead atoms. The third kappa shape index (κ3) is 5.08. The van der Waals surface area contributed by atoms with Gasteiger partial charge < -0.3 is 5.32 Å². The number of carbonyl (C=O) groups excluding carboxylic acids is 2. The molecule has 0 radical (unpaired) electrons. The predicted molar refractivity (Wildman–Crippen MR) is 138 cm³/mol. The number of anilines is 2. The maximum Gasteiger partial charge on any atom is 0.269 e. The van der Waals surface area contributed by atoms with Gasteiger partial charge in [-0.2, -0.15) is 5.26 Å². The molecular formula is C25H16Cl3N3O2S. The molecule has 0 saturated carbocycles. The Hall–Kier alpha value is -2.95. The Kier molecular flexibility index (Phi) is 7.50. The largest absolute Gasteiger partial charge is 0.320 e. The first-order chi connectivity index (χ1) is 16.4. The van der Waals surface area contributed by atoms with Crippen LogP contribution in [0.25, 0.3) is 0 Å². The number of halogens is 3. The highest BCUT2D eigenvalue weighted by atomic mass is 35.5. The van der Waals surface area contributed by atoms with E-state index < -0.39 is 11.2 Å². The zero-order valence-electron chi connectivity index (χ0n) is 17.5. The summed E-state index contributed by atoms with van der Waals surface area (Å²) < 4.78 is 0. The van der Waals surface area contributed by atoms with Crippen molar-refractivity contribution in [1.82, 2.24) is 0 Å². The lowest BCUT2D eigenvalue weighted by molar-refractivity contribution is -0.117. The zero-order valence-corrected chi connectivity index (χ0v) is 20.6. The maximum atomic E-state index is 13.5. The Morgan fingerprint density at radius 1 is 0.971 bits per heavy atom. The fraction of sp³-hybridized carbons (Fsp3) is 0.0800. The first kappa shape index (κ1) is 24.2. The number of hydrogen-bond acceptors (Lipinski definition) is 4. The van der Waals surface area contributed by atoms with E-state index in [9.17, 15) is 14.9 Å². The van der Waals surface area contributed by atoms with Crippen LogP contribution in [0, 0.1) is 11.3 Å². The second kappa shape index (κ2) is 10.5. The lowest BCUT2D eigenvalue weighted by Crippen LogP contribution is -2.30. The minimum Gasteiger partial charge on any atom is -0.320 e. The minimum atomic E-state index is -0.651. The number of hydrogen-bond donors (Lipinski definition) is 1. The fourth-order valence-corrected chi connectivity index (χ4v) is 5.24. The van der Waals surface area contributed by atoms with Crippen molar-refractivity contribution in [2.24, 2.45) is 0 Å². The summed E-state index contributed by atoms with van der Waals surface area (Å²) in [5.41, 5.74) is 1.56. The van der Waals surface area contributed by atoms with Crippen LogP contribution in [-0.2, 0) is 16.0 Å². The molecule has 0 aromatic heterocycles. The highest BCUT2D eigenvalue weighted by molar-refractivity contribution is 8.05. The van der Waals surface area contributed by atoms with Gasteiger partial charge in [-0.1, -0.05) is 83.0 Å². The summed E-state index contributed by atoms with van der Waals surface area (Å²) in [4.78, 5) is 28.0.